The van der Waals surface area contributed by atoms with E-state index in [1.54, 1.807) is 7.11 Å². The predicted molar refractivity (Wildman–Crippen MR) is 73.8 cm³/mol. The van der Waals surface area contributed by atoms with Crippen LogP contribution in [0, 0.1) is 16.7 Å². The molecule has 100 valence electrons. The van der Waals surface area contributed by atoms with Crippen LogP contribution in [0.15, 0.2) is 24.3 Å². The Labute approximate surface area is 110 Å². The van der Waals surface area contributed by atoms with Crippen LogP contribution in [0.5, 0.6) is 5.75 Å². The van der Waals surface area contributed by atoms with Crippen LogP contribution in [0.25, 0.3) is 0 Å². The van der Waals surface area contributed by atoms with E-state index in [1.165, 1.54) is 0 Å². The number of aliphatic hydroxyl groups is 1. The van der Waals surface area contributed by atoms with Crippen molar-refractivity contribution in [2.75, 3.05) is 7.11 Å². The molecule has 1 unspecified atom stereocenters. The number of para-hydroxylation sites is 1. The second-order valence-electron chi connectivity index (χ2n) is 6.50. The topological polar surface area (TPSA) is 29.5 Å². The highest BCUT2D eigenvalue weighted by Gasteiger charge is 2.66. The maximum absolute atomic E-state index is 10.5. The van der Waals surface area contributed by atoms with E-state index in [-0.39, 0.29) is 16.9 Å². The summed E-state index contributed by atoms with van der Waals surface area (Å²) in [5, 5.41) is 10.5. The minimum atomic E-state index is -0.300. The summed E-state index contributed by atoms with van der Waals surface area (Å²) in [6.45, 7) is 8.96. The van der Waals surface area contributed by atoms with Crippen molar-refractivity contribution in [3.05, 3.63) is 29.8 Å². The molecular formula is C16H24O2. The third-order valence-electron chi connectivity index (χ3n) is 5.14. The number of hydrogen-bond acceptors (Lipinski definition) is 2. The molecule has 1 aromatic carbocycles. The smallest absolute Gasteiger partial charge is 0.122 e. The van der Waals surface area contributed by atoms with Gasteiger partial charge in [0.05, 0.1) is 13.2 Å². The van der Waals surface area contributed by atoms with Crippen molar-refractivity contribution in [1.29, 1.82) is 0 Å². The van der Waals surface area contributed by atoms with Gasteiger partial charge >= 0.3 is 0 Å². The maximum atomic E-state index is 10.5. The Kier molecular flexibility index (Phi) is 3.18. The molecule has 1 aromatic rings. The number of aliphatic hydroxyl groups excluding tert-OH is 1. The number of rotatable bonds is 4. The van der Waals surface area contributed by atoms with Crippen LogP contribution in [-0.2, 0) is 6.42 Å². The summed E-state index contributed by atoms with van der Waals surface area (Å²) in [5.74, 6) is 1.22. The lowest BCUT2D eigenvalue weighted by Crippen LogP contribution is -2.17. The van der Waals surface area contributed by atoms with Crippen molar-refractivity contribution in [2.45, 2.75) is 40.2 Å². The molecule has 1 aliphatic rings. The normalized spacial score (nSPS) is 22.6. The van der Waals surface area contributed by atoms with Gasteiger partial charge in [-0.1, -0.05) is 45.9 Å². The molecule has 18 heavy (non-hydrogen) atoms. The summed E-state index contributed by atoms with van der Waals surface area (Å²) in [6, 6.07) is 7.93. The fourth-order valence-electron chi connectivity index (χ4n) is 3.42. The van der Waals surface area contributed by atoms with E-state index in [9.17, 15) is 5.11 Å². The van der Waals surface area contributed by atoms with Gasteiger partial charge in [-0.2, -0.15) is 0 Å². The van der Waals surface area contributed by atoms with Gasteiger partial charge in [-0.3, -0.25) is 0 Å². The summed E-state index contributed by atoms with van der Waals surface area (Å²) < 4.78 is 5.34. The second kappa shape index (κ2) is 4.27. The molecule has 0 spiro atoms. The summed E-state index contributed by atoms with van der Waals surface area (Å²) in [4.78, 5) is 0. The maximum Gasteiger partial charge on any atom is 0.122 e. The number of benzene rings is 1. The summed E-state index contributed by atoms with van der Waals surface area (Å²) in [6.07, 6.45) is 0.368. The Hall–Kier alpha value is -1.02. The molecule has 1 saturated carbocycles. The molecule has 1 fully saturated rings. The van der Waals surface area contributed by atoms with E-state index in [0.717, 1.165) is 11.3 Å². The van der Waals surface area contributed by atoms with Crippen LogP contribution in [0.3, 0.4) is 0 Å². The first-order valence-electron chi connectivity index (χ1n) is 6.62. The third-order valence-corrected chi connectivity index (χ3v) is 5.14. The van der Waals surface area contributed by atoms with Gasteiger partial charge in [0.2, 0.25) is 0 Å². The highest BCUT2D eigenvalue weighted by molar-refractivity contribution is 5.34. The molecule has 2 rings (SSSR count). The van der Waals surface area contributed by atoms with Crippen LogP contribution in [-0.4, -0.2) is 18.3 Å². The van der Waals surface area contributed by atoms with Crippen LogP contribution in [0.2, 0.25) is 0 Å². The molecule has 1 N–H and O–H groups in total. The quantitative estimate of drug-likeness (QED) is 0.886. The first kappa shape index (κ1) is 13.4. The zero-order chi connectivity index (χ0) is 13.6. The van der Waals surface area contributed by atoms with Crippen molar-refractivity contribution in [3.63, 3.8) is 0 Å². The highest BCUT2D eigenvalue weighted by atomic mass is 16.5. The Balaban J connectivity index is 2.12. The first-order chi connectivity index (χ1) is 8.32. The van der Waals surface area contributed by atoms with Crippen molar-refractivity contribution in [3.8, 4) is 5.75 Å². The van der Waals surface area contributed by atoms with Gasteiger partial charge in [0.25, 0.3) is 0 Å². The summed E-state index contributed by atoms with van der Waals surface area (Å²) in [5.41, 5.74) is 1.52. The zero-order valence-electron chi connectivity index (χ0n) is 12.0. The molecule has 1 aliphatic carbocycles. The van der Waals surface area contributed by atoms with E-state index in [2.05, 4.69) is 27.7 Å². The molecule has 0 heterocycles. The van der Waals surface area contributed by atoms with Crippen LogP contribution in [0.4, 0.5) is 0 Å². The van der Waals surface area contributed by atoms with Crippen LogP contribution >= 0.6 is 0 Å². The molecule has 0 radical (unpaired) electrons. The zero-order valence-corrected chi connectivity index (χ0v) is 12.0. The van der Waals surface area contributed by atoms with Crippen LogP contribution in [0.1, 0.15) is 33.3 Å². The van der Waals surface area contributed by atoms with E-state index in [4.69, 9.17) is 4.74 Å². The average Bonchev–Trinajstić information content (AvgIpc) is 2.70. The van der Waals surface area contributed by atoms with E-state index in [1.807, 2.05) is 24.3 Å². The molecule has 0 amide bonds. The highest BCUT2D eigenvalue weighted by Crippen LogP contribution is 2.69. The third kappa shape index (κ3) is 1.93. The van der Waals surface area contributed by atoms with E-state index < -0.39 is 0 Å². The van der Waals surface area contributed by atoms with Gasteiger partial charge in [0.1, 0.15) is 5.75 Å². The first-order valence-corrected chi connectivity index (χ1v) is 6.62. The fourth-order valence-corrected chi connectivity index (χ4v) is 3.42. The van der Waals surface area contributed by atoms with E-state index in [0.29, 0.717) is 12.3 Å². The molecule has 1 atom stereocenters. The lowest BCUT2D eigenvalue weighted by Gasteiger charge is -2.15. The van der Waals surface area contributed by atoms with Crippen molar-refractivity contribution < 1.29 is 9.84 Å². The Bertz CT molecular complexity index is 420. The monoisotopic (exact) mass is 248 g/mol. The second-order valence-corrected chi connectivity index (χ2v) is 6.50. The van der Waals surface area contributed by atoms with Crippen molar-refractivity contribution in [1.82, 2.24) is 0 Å². The van der Waals surface area contributed by atoms with Crippen molar-refractivity contribution >= 4 is 0 Å². The number of ether oxygens (including phenoxy) is 1. The van der Waals surface area contributed by atoms with E-state index >= 15 is 0 Å². The SMILES string of the molecule is COc1ccccc1CC(O)C1C(C)(C)C1(C)C. The van der Waals surface area contributed by atoms with Gasteiger partial charge in [0, 0.05) is 6.42 Å². The lowest BCUT2D eigenvalue weighted by molar-refractivity contribution is 0.128. The Morgan fingerprint density at radius 2 is 1.72 bits per heavy atom. The molecule has 0 aromatic heterocycles. The molecule has 0 bridgehead atoms. The number of methoxy groups -OCH3 is 1. The molecular weight excluding hydrogens is 224 g/mol. The predicted octanol–water partition coefficient (Wildman–Crippen LogP) is 3.28. The van der Waals surface area contributed by atoms with Gasteiger partial charge in [0.15, 0.2) is 0 Å². The largest absolute Gasteiger partial charge is 0.496 e. The Morgan fingerprint density at radius 1 is 1.17 bits per heavy atom. The minimum absolute atomic E-state index is 0.217. The Morgan fingerprint density at radius 3 is 2.22 bits per heavy atom. The summed E-state index contributed by atoms with van der Waals surface area (Å²) in [7, 11) is 1.68. The molecule has 2 heteroatoms. The van der Waals surface area contributed by atoms with Gasteiger partial charge in [-0.15, -0.1) is 0 Å². The van der Waals surface area contributed by atoms with Gasteiger partial charge in [-0.05, 0) is 28.4 Å². The molecule has 0 aliphatic heterocycles. The summed E-state index contributed by atoms with van der Waals surface area (Å²) >= 11 is 0. The van der Waals surface area contributed by atoms with Crippen molar-refractivity contribution in [2.24, 2.45) is 16.7 Å². The van der Waals surface area contributed by atoms with Gasteiger partial charge < -0.3 is 9.84 Å². The average molecular weight is 248 g/mol. The molecule has 2 nitrogen and oxygen atoms in total. The molecule has 0 saturated heterocycles. The standard InChI is InChI=1S/C16H24O2/c1-15(2)14(16(15,3)4)12(17)10-11-8-6-7-9-13(11)18-5/h6-9,12,14,17H,10H2,1-5H3. The van der Waals surface area contributed by atoms with Gasteiger partial charge in [-0.25, -0.2) is 0 Å². The fraction of sp³-hybridized carbons (Fsp3) is 0.625. The number of hydrogen-bond donors (Lipinski definition) is 1. The minimum Gasteiger partial charge on any atom is -0.496 e. The van der Waals surface area contributed by atoms with Crippen LogP contribution < -0.4 is 4.74 Å². The lowest BCUT2D eigenvalue weighted by atomic mass is 9.99.